The van der Waals surface area contributed by atoms with Crippen molar-refractivity contribution < 1.29 is 9.53 Å². The quantitative estimate of drug-likeness (QED) is 0.0744. The molecule has 0 aliphatic carbocycles. The van der Waals surface area contributed by atoms with E-state index in [9.17, 15) is 4.79 Å². The summed E-state index contributed by atoms with van der Waals surface area (Å²) in [5, 5.41) is 0. The summed E-state index contributed by atoms with van der Waals surface area (Å²) in [6.45, 7) is 5.17. The van der Waals surface area contributed by atoms with Crippen LogP contribution in [0.15, 0.2) is 12.2 Å². The normalized spacial score (nSPS) is 11.4. The van der Waals surface area contributed by atoms with Gasteiger partial charge in [0, 0.05) is 6.42 Å². The van der Waals surface area contributed by atoms with Gasteiger partial charge in [-0.2, -0.15) is 0 Å². The van der Waals surface area contributed by atoms with Crippen LogP contribution < -0.4 is 0 Å². The average molecular weight is 451 g/mol. The summed E-state index contributed by atoms with van der Waals surface area (Å²) in [6.07, 6.45) is 35.3. The lowest BCUT2D eigenvalue weighted by Crippen LogP contribution is -2.05. The van der Waals surface area contributed by atoms with Crippen LogP contribution in [0, 0.1) is 0 Å². The summed E-state index contributed by atoms with van der Waals surface area (Å²) in [4.78, 5) is 11.8. The smallest absolute Gasteiger partial charge is 0.305 e. The van der Waals surface area contributed by atoms with E-state index in [2.05, 4.69) is 26.0 Å². The maximum Gasteiger partial charge on any atom is 0.305 e. The van der Waals surface area contributed by atoms with E-state index in [-0.39, 0.29) is 5.97 Å². The van der Waals surface area contributed by atoms with E-state index < -0.39 is 0 Å². The van der Waals surface area contributed by atoms with Crippen LogP contribution in [0.5, 0.6) is 0 Å². The fraction of sp³-hybridized carbons (Fsp3) is 0.900. The molecule has 2 nitrogen and oxygen atoms in total. The first-order chi connectivity index (χ1) is 15.8. The van der Waals surface area contributed by atoms with E-state index in [0.29, 0.717) is 13.0 Å². The summed E-state index contributed by atoms with van der Waals surface area (Å²) in [7, 11) is 0. The van der Waals surface area contributed by atoms with E-state index in [4.69, 9.17) is 4.74 Å². The maximum absolute atomic E-state index is 11.8. The molecule has 0 saturated heterocycles. The van der Waals surface area contributed by atoms with Gasteiger partial charge in [-0.05, 0) is 38.5 Å². The molecule has 190 valence electrons. The lowest BCUT2D eigenvalue weighted by molar-refractivity contribution is -0.143. The highest BCUT2D eigenvalue weighted by Gasteiger charge is 2.02. The minimum absolute atomic E-state index is 0.0161. The first kappa shape index (κ1) is 31.2. The highest BCUT2D eigenvalue weighted by molar-refractivity contribution is 5.69. The van der Waals surface area contributed by atoms with Crippen molar-refractivity contribution in [3.8, 4) is 0 Å². The molecule has 0 aliphatic rings. The highest BCUT2D eigenvalue weighted by Crippen LogP contribution is 2.12. The van der Waals surface area contributed by atoms with Gasteiger partial charge >= 0.3 is 5.97 Å². The van der Waals surface area contributed by atoms with Crippen LogP contribution in [-0.4, -0.2) is 12.6 Å². The van der Waals surface area contributed by atoms with Crippen molar-refractivity contribution in [1.82, 2.24) is 0 Å². The van der Waals surface area contributed by atoms with Crippen molar-refractivity contribution in [2.45, 2.75) is 168 Å². The molecule has 0 heterocycles. The van der Waals surface area contributed by atoms with E-state index >= 15 is 0 Å². The Bertz CT molecular complexity index is 388. The van der Waals surface area contributed by atoms with Crippen molar-refractivity contribution >= 4 is 5.97 Å². The summed E-state index contributed by atoms with van der Waals surface area (Å²) in [6, 6.07) is 0. The highest BCUT2D eigenvalue weighted by atomic mass is 16.5. The topological polar surface area (TPSA) is 26.3 Å². The zero-order valence-corrected chi connectivity index (χ0v) is 22.1. The monoisotopic (exact) mass is 450 g/mol. The predicted molar refractivity (Wildman–Crippen MR) is 142 cm³/mol. The second kappa shape index (κ2) is 28.2. The number of rotatable bonds is 26. The maximum atomic E-state index is 11.8. The van der Waals surface area contributed by atoms with Gasteiger partial charge in [0.2, 0.25) is 0 Å². The average Bonchev–Trinajstić information content (AvgIpc) is 2.80. The summed E-state index contributed by atoms with van der Waals surface area (Å²) < 4.78 is 5.39. The lowest BCUT2D eigenvalue weighted by atomic mass is 10.1. The number of esters is 1. The SMILES string of the molecule is CCCCCC/C=C/CCCCCCCCCC(=O)OCCCCCCCCCCCC. The van der Waals surface area contributed by atoms with Crippen molar-refractivity contribution in [2.24, 2.45) is 0 Å². The fourth-order valence-electron chi connectivity index (χ4n) is 4.19. The van der Waals surface area contributed by atoms with Crippen LogP contribution in [-0.2, 0) is 9.53 Å². The molecule has 32 heavy (non-hydrogen) atoms. The van der Waals surface area contributed by atoms with Crippen molar-refractivity contribution in [1.29, 1.82) is 0 Å². The third-order valence-corrected chi connectivity index (χ3v) is 6.40. The third kappa shape index (κ3) is 27.2. The van der Waals surface area contributed by atoms with Crippen LogP contribution in [0.25, 0.3) is 0 Å². The second-order valence-electron chi connectivity index (χ2n) is 9.74. The molecule has 0 rings (SSSR count). The molecule has 0 atom stereocenters. The van der Waals surface area contributed by atoms with Gasteiger partial charge in [-0.25, -0.2) is 0 Å². The van der Waals surface area contributed by atoms with Crippen molar-refractivity contribution in [3.05, 3.63) is 12.2 Å². The molecule has 0 amide bonds. The zero-order chi connectivity index (χ0) is 23.4. The van der Waals surface area contributed by atoms with Gasteiger partial charge in [-0.1, -0.05) is 135 Å². The molecule has 0 aromatic heterocycles. The number of carbonyl (C=O) groups excluding carboxylic acids is 1. The van der Waals surface area contributed by atoms with Gasteiger partial charge in [0.25, 0.3) is 0 Å². The van der Waals surface area contributed by atoms with Crippen LogP contribution in [0.4, 0.5) is 0 Å². The van der Waals surface area contributed by atoms with Gasteiger partial charge in [0.15, 0.2) is 0 Å². The number of carbonyl (C=O) groups is 1. The van der Waals surface area contributed by atoms with Crippen LogP contribution in [0.1, 0.15) is 168 Å². The van der Waals surface area contributed by atoms with Crippen LogP contribution >= 0.6 is 0 Å². The number of allylic oxidation sites excluding steroid dienone is 2. The van der Waals surface area contributed by atoms with Crippen LogP contribution in [0.3, 0.4) is 0 Å². The van der Waals surface area contributed by atoms with E-state index in [0.717, 1.165) is 12.8 Å². The Hall–Kier alpha value is -0.790. The minimum atomic E-state index is 0.0161. The summed E-state index contributed by atoms with van der Waals surface area (Å²) >= 11 is 0. The van der Waals surface area contributed by atoms with Gasteiger partial charge in [0.1, 0.15) is 0 Å². The van der Waals surface area contributed by atoms with E-state index in [1.54, 1.807) is 0 Å². The van der Waals surface area contributed by atoms with Gasteiger partial charge in [0.05, 0.1) is 6.61 Å². The Morgan fingerprint density at radius 2 is 0.875 bits per heavy atom. The van der Waals surface area contributed by atoms with Gasteiger partial charge in [-0.3, -0.25) is 4.79 Å². The number of hydrogen-bond acceptors (Lipinski definition) is 2. The minimum Gasteiger partial charge on any atom is -0.466 e. The van der Waals surface area contributed by atoms with Crippen molar-refractivity contribution in [3.63, 3.8) is 0 Å². The van der Waals surface area contributed by atoms with E-state index in [1.807, 2.05) is 0 Å². The molecule has 2 heteroatoms. The zero-order valence-electron chi connectivity index (χ0n) is 22.1. The molecular weight excluding hydrogens is 392 g/mol. The van der Waals surface area contributed by atoms with Gasteiger partial charge in [-0.15, -0.1) is 0 Å². The molecule has 0 saturated carbocycles. The van der Waals surface area contributed by atoms with Crippen LogP contribution in [0.2, 0.25) is 0 Å². The second-order valence-corrected chi connectivity index (χ2v) is 9.74. The summed E-state index contributed by atoms with van der Waals surface area (Å²) in [5.41, 5.74) is 0. The Kier molecular flexibility index (Phi) is 27.5. The Balaban J connectivity index is 3.18. The molecule has 0 radical (unpaired) electrons. The molecule has 0 aromatic carbocycles. The molecule has 0 aromatic rings. The van der Waals surface area contributed by atoms with Crippen molar-refractivity contribution in [2.75, 3.05) is 6.61 Å². The molecule has 0 fully saturated rings. The molecular formula is C30H58O2. The molecule has 0 aliphatic heterocycles. The molecule has 0 spiro atoms. The number of hydrogen-bond donors (Lipinski definition) is 0. The molecule has 0 bridgehead atoms. The molecule has 0 N–H and O–H groups in total. The van der Waals surface area contributed by atoms with E-state index in [1.165, 1.54) is 135 Å². The first-order valence-electron chi connectivity index (χ1n) is 14.6. The Morgan fingerprint density at radius 3 is 1.38 bits per heavy atom. The fourth-order valence-corrected chi connectivity index (χ4v) is 4.19. The first-order valence-corrected chi connectivity index (χ1v) is 14.6. The predicted octanol–water partition coefficient (Wildman–Crippen LogP) is 10.5. The standard InChI is InChI=1S/C30H58O2/c1-3-5-7-9-11-13-15-16-17-18-19-20-22-24-26-28-30(31)32-29-27-25-23-21-14-12-10-8-6-4-2/h13,15H,3-12,14,16-29H2,1-2H3/b15-13+. The lowest BCUT2D eigenvalue weighted by Gasteiger charge is -2.05. The molecule has 0 unspecified atom stereocenters. The van der Waals surface area contributed by atoms with Gasteiger partial charge < -0.3 is 4.74 Å². The number of ether oxygens (including phenoxy) is 1. The summed E-state index contributed by atoms with van der Waals surface area (Å²) in [5.74, 6) is 0.0161. The number of unbranched alkanes of at least 4 members (excludes halogenated alkanes) is 20. The third-order valence-electron chi connectivity index (χ3n) is 6.40. The Labute approximate surface area is 202 Å². The Morgan fingerprint density at radius 1 is 0.500 bits per heavy atom. The largest absolute Gasteiger partial charge is 0.466 e.